The van der Waals surface area contributed by atoms with Crippen molar-refractivity contribution in [3.05, 3.63) is 52.3 Å². The maximum atomic E-state index is 12.3. The van der Waals surface area contributed by atoms with Gasteiger partial charge in [-0.25, -0.2) is 4.58 Å². The predicted octanol–water partition coefficient (Wildman–Crippen LogP) is 2.71. The van der Waals surface area contributed by atoms with Gasteiger partial charge in [-0.05, 0) is 18.2 Å². The van der Waals surface area contributed by atoms with Crippen LogP contribution >= 0.6 is 0 Å². The van der Waals surface area contributed by atoms with Gasteiger partial charge < -0.3 is 20.5 Å². The van der Waals surface area contributed by atoms with Crippen LogP contribution in [0, 0.1) is 10.1 Å². The molecular formula is C20H24N5O5+. The molecule has 0 spiro atoms. The zero-order valence-electron chi connectivity index (χ0n) is 16.6. The topological polar surface area (TPSA) is 130 Å². The summed E-state index contributed by atoms with van der Waals surface area (Å²) in [6, 6.07) is 7.52. The van der Waals surface area contributed by atoms with Crippen LogP contribution in [0.3, 0.4) is 0 Å². The summed E-state index contributed by atoms with van der Waals surface area (Å²) in [7, 11) is 1.60. The molecule has 2 aromatic rings. The van der Waals surface area contributed by atoms with E-state index >= 15 is 0 Å². The van der Waals surface area contributed by atoms with E-state index in [9.17, 15) is 20.0 Å². The summed E-state index contributed by atoms with van der Waals surface area (Å²) in [5.74, 6) is 0.695. The van der Waals surface area contributed by atoms with E-state index in [4.69, 9.17) is 4.74 Å². The number of carbonyl (C=O) groups excluding carboxylic acids is 1. The third-order valence-corrected chi connectivity index (χ3v) is 4.72. The van der Waals surface area contributed by atoms with Crippen molar-refractivity contribution in [2.45, 2.75) is 19.3 Å². The van der Waals surface area contributed by atoms with E-state index in [0.717, 1.165) is 13.0 Å². The fourth-order valence-corrected chi connectivity index (χ4v) is 3.19. The summed E-state index contributed by atoms with van der Waals surface area (Å²) in [6.07, 6.45) is 3.81. The third-order valence-electron chi connectivity index (χ3n) is 4.72. The van der Waals surface area contributed by atoms with Crippen LogP contribution in [0.1, 0.15) is 29.8 Å². The number of aliphatic hydroxyl groups is 1. The van der Waals surface area contributed by atoms with Crippen molar-refractivity contribution in [2.75, 3.05) is 32.0 Å². The van der Waals surface area contributed by atoms with Gasteiger partial charge in [-0.15, -0.1) is 0 Å². The van der Waals surface area contributed by atoms with Crippen molar-refractivity contribution >= 4 is 23.2 Å². The quantitative estimate of drug-likeness (QED) is 0.249. The minimum atomic E-state index is -0.496. The van der Waals surface area contributed by atoms with E-state index < -0.39 is 4.92 Å². The van der Waals surface area contributed by atoms with Crippen LogP contribution in [0.2, 0.25) is 0 Å². The van der Waals surface area contributed by atoms with E-state index in [2.05, 4.69) is 15.6 Å². The average molecular weight is 414 g/mol. The van der Waals surface area contributed by atoms with Crippen LogP contribution in [0.4, 0.5) is 11.4 Å². The highest BCUT2D eigenvalue weighted by atomic mass is 16.6. The van der Waals surface area contributed by atoms with Crippen LogP contribution in [0.25, 0.3) is 0 Å². The molecule has 1 aromatic carbocycles. The fraction of sp³-hybridized carbons (Fsp3) is 0.350. The number of nitrogens with zero attached hydrogens (tertiary/aromatic N) is 3. The first kappa shape index (κ1) is 21.0. The van der Waals surface area contributed by atoms with E-state index in [-0.39, 0.29) is 23.0 Å². The maximum absolute atomic E-state index is 12.3. The minimum Gasteiger partial charge on any atom is -0.464 e. The van der Waals surface area contributed by atoms with Crippen LogP contribution < -0.4 is 15.4 Å². The number of nitro groups is 1. The van der Waals surface area contributed by atoms with Gasteiger partial charge >= 0.3 is 5.90 Å². The molecule has 0 aliphatic carbocycles. The zero-order chi connectivity index (χ0) is 21.5. The van der Waals surface area contributed by atoms with E-state index in [1.165, 1.54) is 18.3 Å². The molecule has 0 saturated carbocycles. The molecule has 1 amide bonds. The number of aliphatic hydroxyl groups excluding tert-OH is 1. The van der Waals surface area contributed by atoms with Gasteiger partial charge in [0.05, 0.1) is 17.4 Å². The molecule has 3 N–H and O–H groups in total. The SMILES string of the molecule is CNc1ccc(Oc2ccnc(C(=O)NCCC[N+]3=C(O)CCC3)c2)cc1[N+](=O)[O-]. The largest absolute Gasteiger partial charge is 0.464 e. The minimum absolute atomic E-state index is 0.108. The van der Waals surface area contributed by atoms with Crippen molar-refractivity contribution in [1.29, 1.82) is 0 Å². The first-order valence-electron chi connectivity index (χ1n) is 9.66. The molecule has 10 heteroatoms. The summed E-state index contributed by atoms with van der Waals surface area (Å²) in [5.41, 5.74) is 0.453. The van der Waals surface area contributed by atoms with Gasteiger partial charge in [-0.3, -0.25) is 19.9 Å². The maximum Gasteiger partial charge on any atom is 0.334 e. The van der Waals surface area contributed by atoms with Crippen molar-refractivity contribution in [2.24, 2.45) is 0 Å². The molecule has 1 aliphatic heterocycles. The summed E-state index contributed by atoms with van der Waals surface area (Å²) in [5, 5.41) is 26.4. The summed E-state index contributed by atoms with van der Waals surface area (Å²) < 4.78 is 7.59. The molecule has 1 aliphatic rings. The van der Waals surface area contributed by atoms with Crippen molar-refractivity contribution in [1.82, 2.24) is 10.3 Å². The molecule has 2 heterocycles. The normalized spacial score (nSPS) is 13.2. The fourth-order valence-electron chi connectivity index (χ4n) is 3.19. The average Bonchev–Trinajstić information content (AvgIpc) is 3.15. The smallest absolute Gasteiger partial charge is 0.334 e. The lowest BCUT2D eigenvalue weighted by Crippen LogP contribution is -2.27. The van der Waals surface area contributed by atoms with E-state index in [1.54, 1.807) is 25.2 Å². The summed E-state index contributed by atoms with van der Waals surface area (Å²) in [6.45, 7) is 1.98. The lowest BCUT2D eigenvalue weighted by atomic mass is 10.2. The molecule has 0 radical (unpaired) electrons. The Morgan fingerprint density at radius 2 is 2.13 bits per heavy atom. The molecule has 3 rings (SSSR count). The molecule has 1 aromatic heterocycles. The molecule has 10 nitrogen and oxygen atoms in total. The van der Waals surface area contributed by atoms with Crippen molar-refractivity contribution in [3.63, 3.8) is 0 Å². The second kappa shape index (κ2) is 9.68. The van der Waals surface area contributed by atoms with Crippen molar-refractivity contribution < 1.29 is 24.1 Å². The van der Waals surface area contributed by atoms with Gasteiger partial charge in [0, 0.05) is 38.7 Å². The summed E-state index contributed by atoms with van der Waals surface area (Å²) in [4.78, 5) is 27.1. The Labute approximate surface area is 173 Å². The van der Waals surface area contributed by atoms with Gasteiger partial charge in [-0.2, -0.15) is 0 Å². The van der Waals surface area contributed by atoms with Gasteiger partial charge in [-0.1, -0.05) is 0 Å². The van der Waals surface area contributed by atoms with Crippen LogP contribution in [0.5, 0.6) is 11.5 Å². The number of carbonyl (C=O) groups is 1. The Hall–Kier alpha value is -3.69. The standard InChI is InChI=1S/C20H23N5O5/c1-21-16-6-5-14(13-18(16)25(28)29)30-15-7-9-22-17(12-15)20(27)23-8-3-11-24-10-2-4-19(24)26/h5-7,9,12-13,21H,2-4,8,10-11H2,1H3,(H,23,27)/p+1. The second-order valence-corrected chi connectivity index (χ2v) is 6.78. The number of pyridine rings is 1. The number of hydrogen-bond donors (Lipinski definition) is 3. The number of ether oxygens (including phenoxy) is 1. The van der Waals surface area contributed by atoms with Gasteiger partial charge in [0.25, 0.3) is 11.6 Å². The number of nitro benzene ring substituents is 1. The summed E-state index contributed by atoms with van der Waals surface area (Å²) >= 11 is 0. The number of rotatable bonds is 9. The Morgan fingerprint density at radius 1 is 1.33 bits per heavy atom. The van der Waals surface area contributed by atoms with Crippen LogP contribution in [-0.4, -0.2) is 58.1 Å². The first-order valence-corrected chi connectivity index (χ1v) is 9.66. The molecule has 0 atom stereocenters. The Morgan fingerprint density at radius 3 is 2.83 bits per heavy atom. The Bertz CT molecular complexity index is 976. The predicted molar refractivity (Wildman–Crippen MR) is 111 cm³/mol. The Balaban J connectivity index is 1.59. The number of anilines is 1. The highest BCUT2D eigenvalue weighted by molar-refractivity contribution is 5.92. The monoisotopic (exact) mass is 414 g/mol. The van der Waals surface area contributed by atoms with Crippen LogP contribution in [-0.2, 0) is 0 Å². The molecule has 158 valence electrons. The highest BCUT2D eigenvalue weighted by Gasteiger charge is 2.20. The highest BCUT2D eigenvalue weighted by Crippen LogP contribution is 2.31. The number of benzene rings is 1. The third kappa shape index (κ3) is 5.22. The molecule has 0 unspecified atom stereocenters. The van der Waals surface area contributed by atoms with E-state index in [0.29, 0.717) is 43.3 Å². The number of aromatic nitrogens is 1. The Kier molecular flexibility index (Phi) is 6.79. The second-order valence-electron chi connectivity index (χ2n) is 6.78. The molecule has 0 fully saturated rings. The zero-order valence-corrected chi connectivity index (χ0v) is 16.6. The van der Waals surface area contributed by atoms with E-state index in [1.807, 2.05) is 4.58 Å². The molecular weight excluding hydrogens is 390 g/mol. The molecule has 0 saturated heterocycles. The van der Waals surface area contributed by atoms with Gasteiger partial charge in [0.1, 0.15) is 36.0 Å². The lowest BCUT2D eigenvalue weighted by Gasteiger charge is -2.09. The molecule has 30 heavy (non-hydrogen) atoms. The van der Waals surface area contributed by atoms with Gasteiger partial charge in [0.15, 0.2) is 0 Å². The number of hydrogen-bond acceptors (Lipinski definition) is 6. The first-order chi connectivity index (χ1) is 14.5. The van der Waals surface area contributed by atoms with Crippen molar-refractivity contribution in [3.8, 4) is 11.5 Å². The lowest BCUT2D eigenvalue weighted by molar-refractivity contribution is -0.527. The number of amides is 1. The molecule has 0 bridgehead atoms. The number of nitrogens with one attached hydrogen (secondary N) is 2. The van der Waals surface area contributed by atoms with Gasteiger partial charge in [0.2, 0.25) is 0 Å². The van der Waals surface area contributed by atoms with Crippen LogP contribution in [0.15, 0.2) is 36.5 Å².